The zero-order valence-corrected chi connectivity index (χ0v) is 9.74. The maximum Gasteiger partial charge on any atom is 0.303 e. The molecule has 4 nitrogen and oxygen atoms in total. The molecule has 2 rings (SSSR count). The average Bonchev–Trinajstić information content (AvgIpc) is 2.64. The molecule has 0 amide bonds. The molecule has 0 saturated heterocycles. The lowest BCUT2D eigenvalue weighted by molar-refractivity contribution is -0.143. The minimum atomic E-state index is -1.08. The van der Waals surface area contributed by atoms with Gasteiger partial charge in [-0.05, 0) is 11.1 Å². The van der Waals surface area contributed by atoms with Crippen molar-refractivity contribution >= 4 is 11.9 Å². The predicted octanol–water partition coefficient (Wildman–Crippen LogP) is 2.73. The largest absolute Gasteiger partial charge is 0.481 e. The summed E-state index contributed by atoms with van der Waals surface area (Å²) in [5, 5.41) is 15.8. The van der Waals surface area contributed by atoms with Crippen molar-refractivity contribution < 1.29 is 19.8 Å². The molecule has 2 N–H and O–H groups in total. The van der Waals surface area contributed by atoms with E-state index < -0.39 is 11.9 Å². The van der Waals surface area contributed by atoms with E-state index in [0.29, 0.717) is 0 Å². The summed E-state index contributed by atoms with van der Waals surface area (Å²) in [5.74, 6) is -2.15. The summed E-state index contributed by atoms with van der Waals surface area (Å²) in [6.07, 6.45) is -0.593. The molecule has 2 aliphatic carbocycles. The topological polar surface area (TPSA) is 74.6 Å². The van der Waals surface area contributed by atoms with Gasteiger partial charge in [0.05, 0.1) is 12.8 Å². The number of carboxylic acid groups (broad SMARTS) is 2. The van der Waals surface area contributed by atoms with Crippen LogP contribution in [0.25, 0.3) is 11.1 Å². The van der Waals surface area contributed by atoms with E-state index in [2.05, 4.69) is 42.5 Å². The zero-order valence-electron chi connectivity index (χ0n) is 9.74. The second kappa shape index (κ2) is 7.06. The van der Waals surface area contributed by atoms with Crippen molar-refractivity contribution in [3.05, 3.63) is 48.5 Å². The predicted molar refractivity (Wildman–Crippen MR) is 67.6 cm³/mol. The van der Waals surface area contributed by atoms with Crippen LogP contribution in [0.3, 0.4) is 0 Å². The molecule has 18 heavy (non-hydrogen) atoms. The minimum Gasteiger partial charge on any atom is -0.481 e. The van der Waals surface area contributed by atoms with Gasteiger partial charge in [-0.3, -0.25) is 9.59 Å². The molecule has 0 bridgehead atoms. The molecule has 2 aliphatic rings. The lowest BCUT2D eigenvalue weighted by Gasteiger charge is -1.85. The number of aliphatic carboxylic acids is 2. The molecule has 0 aromatic carbocycles. The van der Waals surface area contributed by atoms with E-state index in [9.17, 15) is 9.59 Å². The Morgan fingerprint density at radius 2 is 1.11 bits per heavy atom. The quantitative estimate of drug-likeness (QED) is 0.873. The third-order valence-electron chi connectivity index (χ3n) is 2.21. The molecule has 4 heteroatoms. The van der Waals surface area contributed by atoms with Crippen molar-refractivity contribution in [2.24, 2.45) is 0 Å². The van der Waals surface area contributed by atoms with E-state index in [1.165, 1.54) is 11.1 Å². The first-order valence-electron chi connectivity index (χ1n) is 5.47. The van der Waals surface area contributed by atoms with Crippen molar-refractivity contribution in [1.29, 1.82) is 0 Å². The Kier molecular flexibility index (Phi) is 5.38. The molecular formula is C14H14O4. The van der Waals surface area contributed by atoms with Gasteiger partial charge in [-0.15, -0.1) is 0 Å². The number of hydrogen-bond donors (Lipinski definition) is 2. The first-order chi connectivity index (χ1) is 8.59. The molecule has 0 aliphatic heterocycles. The van der Waals surface area contributed by atoms with E-state index in [4.69, 9.17) is 10.2 Å². The average molecular weight is 246 g/mol. The number of rotatable bonds is 3. The van der Waals surface area contributed by atoms with Gasteiger partial charge in [0, 0.05) is 0 Å². The summed E-state index contributed by atoms with van der Waals surface area (Å²) in [5.41, 5.74) is 2.62. The van der Waals surface area contributed by atoms with Crippen molar-refractivity contribution in [2.75, 3.05) is 0 Å². The molecular weight excluding hydrogens is 232 g/mol. The van der Waals surface area contributed by atoms with E-state index in [1.54, 1.807) is 0 Å². The van der Waals surface area contributed by atoms with Crippen LogP contribution >= 0.6 is 0 Å². The number of hydrogen-bond acceptors (Lipinski definition) is 2. The van der Waals surface area contributed by atoms with Crippen LogP contribution in [0.5, 0.6) is 0 Å². The summed E-state index contributed by atoms with van der Waals surface area (Å²) >= 11 is 0. The fraction of sp³-hybridized carbons (Fsp3) is 0.143. The summed E-state index contributed by atoms with van der Waals surface area (Å²) in [4.78, 5) is 19.3. The maximum atomic E-state index is 9.64. The SMILES string of the molecule is O=C(O)CCC(=O)O.c1ccc2cccc-2cc1. The molecule has 0 aromatic heterocycles. The van der Waals surface area contributed by atoms with Gasteiger partial charge in [0.1, 0.15) is 0 Å². The first-order valence-corrected chi connectivity index (χ1v) is 5.47. The van der Waals surface area contributed by atoms with E-state index in [0.717, 1.165) is 0 Å². The van der Waals surface area contributed by atoms with Crippen LogP contribution < -0.4 is 0 Å². The second-order valence-electron chi connectivity index (χ2n) is 3.63. The molecule has 0 radical (unpaired) electrons. The fourth-order valence-electron chi connectivity index (χ4n) is 1.35. The molecule has 0 aromatic rings. The Hall–Kier alpha value is -2.36. The van der Waals surface area contributed by atoms with Gasteiger partial charge in [-0.1, -0.05) is 48.5 Å². The van der Waals surface area contributed by atoms with Crippen molar-refractivity contribution in [3.63, 3.8) is 0 Å². The van der Waals surface area contributed by atoms with Gasteiger partial charge in [0.15, 0.2) is 0 Å². The van der Waals surface area contributed by atoms with Gasteiger partial charge < -0.3 is 10.2 Å². The normalized spacial score (nSPS) is 9.33. The highest BCUT2D eigenvalue weighted by atomic mass is 16.4. The number of carboxylic acids is 2. The van der Waals surface area contributed by atoms with E-state index >= 15 is 0 Å². The Balaban J connectivity index is 0.000000187. The van der Waals surface area contributed by atoms with Gasteiger partial charge >= 0.3 is 11.9 Å². The molecule has 0 unspecified atom stereocenters. The third kappa shape index (κ3) is 5.12. The lowest BCUT2D eigenvalue weighted by atomic mass is 10.2. The minimum absolute atomic E-state index is 0.296. The van der Waals surface area contributed by atoms with Crippen molar-refractivity contribution in [2.45, 2.75) is 12.8 Å². The maximum absolute atomic E-state index is 9.64. The monoisotopic (exact) mass is 246 g/mol. The van der Waals surface area contributed by atoms with Crippen LogP contribution in [0.2, 0.25) is 0 Å². The molecule has 0 atom stereocenters. The molecule has 94 valence electrons. The smallest absolute Gasteiger partial charge is 0.303 e. The van der Waals surface area contributed by atoms with Crippen LogP contribution in [0.4, 0.5) is 0 Å². The Bertz CT molecular complexity index is 451. The highest BCUT2D eigenvalue weighted by Crippen LogP contribution is 2.19. The van der Waals surface area contributed by atoms with E-state index in [1.807, 2.05) is 6.07 Å². The Morgan fingerprint density at radius 3 is 1.50 bits per heavy atom. The van der Waals surface area contributed by atoms with E-state index in [-0.39, 0.29) is 12.8 Å². The van der Waals surface area contributed by atoms with Gasteiger partial charge in [0.2, 0.25) is 0 Å². The highest BCUT2D eigenvalue weighted by molar-refractivity contribution is 5.75. The molecule has 0 fully saturated rings. The Labute approximate surface area is 105 Å². The van der Waals surface area contributed by atoms with Gasteiger partial charge in [-0.25, -0.2) is 0 Å². The lowest BCUT2D eigenvalue weighted by Crippen LogP contribution is -2.00. The molecule has 0 saturated carbocycles. The summed E-state index contributed by atoms with van der Waals surface area (Å²) in [6.45, 7) is 0. The van der Waals surface area contributed by atoms with Crippen LogP contribution in [-0.2, 0) is 9.59 Å². The zero-order chi connectivity index (χ0) is 13.4. The number of fused-ring (bicyclic) bond motifs is 1. The van der Waals surface area contributed by atoms with Crippen LogP contribution in [0.15, 0.2) is 48.5 Å². The van der Waals surface area contributed by atoms with Crippen LogP contribution in [0, 0.1) is 0 Å². The first kappa shape index (κ1) is 13.7. The van der Waals surface area contributed by atoms with Crippen LogP contribution in [0.1, 0.15) is 12.8 Å². The van der Waals surface area contributed by atoms with Crippen molar-refractivity contribution in [1.82, 2.24) is 0 Å². The Morgan fingerprint density at radius 1 is 0.722 bits per heavy atom. The van der Waals surface area contributed by atoms with Gasteiger partial charge in [-0.2, -0.15) is 0 Å². The molecule has 0 spiro atoms. The molecule has 0 heterocycles. The summed E-state index contributed by atoms with van der Waals surface area (Å²) in [7, 11) is 0. The third-order valence-corrected chi connectivity index (χ3v) is 2.21. The van der Waals surface area contributed by atoms with Crippen molar-refractivity contribution in [3.8, 4) is 11.1 Å². The summed E-state index contributed by atoms with van der Waals surface area (Å²) in [6, 6.07) is 16.7. The van der Waals surface area contributed by atoms with Crippen LogP contribution in [-0.4, -0.2) is 22.2 Å². The second-order valence-corrected chi connectivity index (χ2v) is 3.63. The van der Waals surface area contributed by atoms with Gasteiger partial charge in [0.25, 0.3) is 0 Å². The summed E-state index contributed by atoms with van der Waals surface area (Å²) < 4.78 is 0. The highest BCUT2D eigenvalue weighted by Gasteiger charge is 2.00. The number of carbonyl (C=O) groups is 2. The standard InChI is InChI=1S/C10H8.C4H6O4/c1-2-5-9-7-4-8-10(9)6-3-1;5-3(6)1-2-4(7)8/h1-8H;1-2H2,(H,5,6)(H,7,8). The fourth-order valence-corrected chi connectivity index (χ4v) is 1.35.